The average molecular weight is 243 g/mol. The molecule has 0 aliphatic rings. The zero-order valence-corrected chi connectivity index (χ0v) is 10.2. The van der Waals surface area contributed by atoms with E-state index in [0.29, 0.717) is 5.75 Å². The third-order valence-electron chi connectivity index (χ3n) is 2.53. The highest BCUT2D eigenvalue weighted by molar-refractivity contribution is 5.50. The van der Waals surface area contributed by atoms with Gasteiger partial charge in [0.15, 0.2) is 0 Å². The first-order valence-electron chi connectivity index (χ1n) is 5.56. The summed E-state index contributed by atoms with van der Waals surface area (Å²) in [7, 11) is 0. The van der Waals surface area contributed by atoms with E-state index in [0.717, 1.165) is 11.1 Å². The monoisotopic (exact) mass is 243 g/mol. The normalized spacial score (nSPS) is 10.1. The lowest BCUT2D eigenvalue weighted by molar-refractivity contribution is -0.385. The van der Waals surface area contributed by atoms with Crippen LogP contribution in [0.2, 0.25) is 0 Å². The Morgan fingerprint density at radius 1 is 1.06 bits per heavy atom. The number of aryl methyl sites for hydroxylation is 2. The van der Waals surface area contributed by atoms with Crippen LogP contribution in [0.4, 0.5) is 5.69 Å². The van der Waals surface area contributed by atoms with Gasteiger partial charge < -0.3 is 4.74 Å². The molecule has 0 saturated carbocycles. The number of nitro groups is 1. The molecule has 0 radical (unpaired) electrons. The minimum absolute atomic E-state index is 0.0171. The number of nitrogens with zero attached hydrogens (tertiary/aromatic N) is 1. The molecule has 4 nitrogen and oxygen atoms in total. The Balaban J connectivity index is 2.37. The van der Waals surface area contributed by atoms with Gasteiger partial charge in [-0.3, -0.25) is 10.1 Å². The van der Waals surface area contributed by atoms with Gasteiger partial charge in [-0.15, -0.1) is 0 Å². The smallest absolute Gasteiger partial charge is 0.311 e. The molecule has 2 rings (SSSR count). The van der Waals surface area contributed by atoms with E-state index in [-0.39, 0.29) is 11.4 Å². The molecule has 0 saturated heterocycles. The fourth-order valence-electron chi connectivity index (χ4n) is 1.66. The van der Waals surface area contributed by atoms with Crippen LogP contribution in [-0.4, -0.2) is 4.92 Å². The maximum absolute atomic E-state index is 11.0. The predicted molar refractivity (Wildman–Crippen MR) is 69.1 cm³/mol. The largest absolute Gasteiger partial charge is 0.450 e. The van der Waals surface area contributed by atoms with Gasteiger partial charge in [-0.25, -0.2) is 0 Å². The quantitative estimate of drug-likeness (QED) is 0.604. The maximum Gasteiger partial charge on any atom is 0.311 e. The standard InChI is InChI=1S/C14H13NO3/c1-10-4-3-5-12(8-10)18-14-7-6-11(2)9-13(14)15(16)17/h3-9H,1-2H3. The zero-order valence-electron chi connectivity index (χ0n) is 10.2. The molecule has 0 aliphatic carbocycles. The van der Waals surface area contributed by atoms with Crippen molar-refractivity contribution in [3.63, 3.8) is 0 Å². The van der Waals surface area contributed by atoms with Gasteiger partial charge in [0.05, 0.1) is 4.92 Å². The maximum atomic E-state index is 11.0. The molecular formula is C14H13NO3. The molecular weight excluding hydrogens is 230 g/mol. The summed E-state index contributed by atoms with van der Waals surface area (Å²) in [5.41, 5.74) is 1.86. The minimum atomic E-state index is -0.432. The van der Waals surface area contributed by atoms with E-state index in [4.69, 9.17) is 4.74 Å². The summed E-state index contributed by atoms with van der Waals surface area (Å²) in [6, 6.07) is 12.3. The second-order valence-electron chi connectivity index (χ2n) is 4.15. The van der Waals surface area contributed by atoms with Crippen LogP contribution in [0.25, 0.3) is 0 Å². The lowest BCUT2D eigenvalue weighted by atomic mass is 10.2. The van der Waals surface area contributed by atoms with Crippen molar-refractivity contribution in [2.75, 3.05) is 0 Å². The van der Waals surface area contributed by atoms with E-state index in [1.165, 1.54) is 6.07 Å². The van der Waals surface area contributed by atoms with E-state index in [1.807, 2.05) is 32.0 Å². The average Bonchev–Trinajstić information content (AvgIpc) is 2.31. The fourth-order valence-corrected chi connectivity index (χ4v) is 1.66. The molecule has 18 heavy (non-hydrogen) atoms. The van der Waals surface area contributed by atoms with Crippen molar-refractivity contribution in [3.05, 3.63) is 63.7 Å². The Morgan fingerprint density at radius 3 is 2.44 bits per heavy atom. The first-order chi connectivity index (χ1) is 8.56. The predicted octanol–water partition coefficient (Wildman–Crippen LogP) is 4.00. The van der Waals surface area contributed by atoms with E-state index in [2.05, 4.69) is 0 Å². The van der Waals surface area contributed by atoms with Crippen LogP contribution < -0.4 is 4.74 Å². The molecule has 0 unspecified atom stereocenters. The van der Waals surface area contributed by atoms with E-state index >= 15 is 0 Å². The van der Waals surface area contributed by atoms with Crippen molar-refractivity contribution in [2.24, 2.45) is 0 Å². The number of hydrogen-bond acceptors (Lipinski definition) is 3. The first-order valence-corrected chi connectivity index (χ1v) is 5.56. The van der Waals surface area contributed by atoms with E-state index < -0.39 is 4.92 Å². The summed E-state index contributed by atoms with van der Waals surface area (Å²) in [5.74, 6) is 0.859. The molecule has 2 aromatic carbocycles. The van der Waals surface area contributed by atoms with Gasteiger partial charge in [-0.05, 0) is 43.2 Å². The topological polar surface area (TPSA) is 52.4 Å². The molecule has 0 spiro atoms. The van der Waals surface area contributed by atoms with E-state index in [1.54, 1.807) is 18.2 Å². The number of benzene rings is 2. The number of hydrogen-bond donors (Lipinski definition) is 0. The summed E-state index contributed by atoms with van der Waals surface area (Å²) in [6.45, 7) is 3.75. The first kappa shape index (κ1) is 12.1. The molecule has 0 atom stereocenters. The van der Waals surface area contributed by atoms with Crippen LogP contribution in [-0.2, 0) is 0 Å². The number of nitro benzene ring substituents is 1. The van der Waals surface area contributed by atoms with Gasteiger partial charge in [-0.1, -0.05) is 18.2 Å². The summed E-state index contributed by atoms with van der Waals surface area (Å²) < 4.78 is 5.56. The van der Waals surface area contributed by atoms with Gasteiger partial charge in [0, 0.05) is 6.07 Å². The van der Waals surface area contributed by atoms with Gasteiger partial charge in [-0.2, -0.15) is 0 Å². The van der Waals surface area contributed by atoms with Crippen molar-refractivity contribution < 1.29 is 9.66 Å². The molecule has 2 aromatic rings. The second kappa shape index (κ2) is 4.87. The molecule has 0 N–H and O–H groups in total. The highest BCUT2D eigenvalue weighted by atomic mass is 16.6. The molecule has 0 bridgehead atoms. The molecule has 0 aromatic heterocycles. The van der Waals surface area contributed by atoms with Crippen molar-refractivity contribution in [1.29, 1.82) is 0 Å². The molecule has 0 amide bonds. The Labute approximate surface area is 105 Å². The summed E-state index contributed by atoms with van der Waals surface area (Å²) in [4.78, 5) is 10.5. The molecule has 0 aliphatic heterocycles. The van der Waals surface area contributed by atoms with Gasteiger partial charge in [0.25, 0.3) is 0 Å². The van der Waals surface area contributed by atoms with Crippen LogP contribution >= 0.6 is 0 Å². The van der Waals surface area contributed by atoms with E-state index in [9.17, 15) is 10.1 Å². The van der Waals surface area contributed by atoms with Crippen LogP contribution in [0, 0.1) is 24.0 Å². The van der Waals surface area contributed by atoms with Crippen molar-refractivity contribution in [1.82, 2.24) is 0 Å². The van der Waals surface area contributed by atoms with Crippen molar-refractivity contribution >= 4 is 5.69 Å². The Morgan fingerprint density at radius 2 is 1.78 bits per heavy atom. The Hall–Kier alpha value is -2.36. The van der Waals surface area contributed by atoms with Crippen LogP contribution in [0.5, 0.6) is 11.5 Å². The van der Waals surface area contributed by atoms with Crippen molar-refractivity contribution in [2.45, 2.75) is 13.8 Å². The van der Waals surface area contributed by atoms with Crippen LogP contribution in [0.15, 0.2) is 42.5 Å². The molecule has 0 fully saturated rings. The molecule has 0 heterocycles. The number of ether oxygens (including phenoxy) is 1. The molecule has 92 valence electrons. The lowest BCUT2D eigenvalue weighted by Crippen LogP contribution is -1.94. The third-order valence-corrected chi connectivity index (χ3v) is 2.53. The Kier molecular flexibility index (Phi) is 3.28. The summed E-state index contributed by atoms with van der Waals surface area (Å²) >= 11 is 0. The lowest BCUT2D eigenvalue weighted by Gasteiger charge is -2.07. The zero-order chi connectivity index (χ0) is 13.1. The van der Waals surface area contributed by atoms with Crippen LogP contribution in [0.3, 0.4) is 0 Å². The molecule has 4 heteroatoms. The van der Waals surface area contributed by atoms with Crippen LogP contribution in [0.1, 0.15) is 11.1 Å². The van der Waals surface area contributed by atoms with Gasteiger partial charge >= 0.3 is 5.69 Å². The SMILES string of the molecule is Cc1cccc(Oc2ccc(C)cc2[N+](=O)[O-])c1. The minimum Gasteiger partial charge on any atom is -0.450 e. The van der Waals surface area contributed by atoms with Crippen molar-refractivity contribution in [3.8, 4) is 11.5 Å². The van der Waals surface area contributed by atoms with Gasteiger partial charge in [0.1, 0.15) is 5.75 Å². The summed E-state index contributed by atoms with van der Waals surface area (Å²) in [6.07, 6.45) is 0. The fraction of sp³-hybridized carbons (Fsp3) is 0.143. The highest BCUT2D eigenvalue weighted by Gasteiger charge is 2.15. The highest BCUT2D eigenvalue weighted by Crippen LogP contribution is 2.32. The van der Waals surface area contributed by atoms with Gasteiger partial charge in [0.2, 0.25) is 5.75 Å². The third kappa shape index (κ3) is 2.66. The Bertz CT molecular complexity index is 593. The number of rotatable bonds is 3. The second-order valence-corrected chi connectivity index (χ2v) is 4.15. The summed E-state index contributed by atoms with van der Waals surface area (Å²) in [5, 5.41) is 11.0.